The van der Waals surface area contributed by atoms with E-state index in [-0.39, 0.29) is 0 Å². The van der Waals surface area contributed by atoms with E-state index >= 15 is 0 Å². The van der Waals surface area contributed by atoms with Crippen molar-refractivity contribution < 1.29 is 0 Å². The molecule has 0 radical (unpaired) electrons. The van der Waals surface area contributed by atoms with Crippen LogP contribution in [0.4, 0.5) is 0 Å². The Bertz CT molecular complexity index is 3630. The highest BCUT2D eigenvalue weighted by Gasteiger charge is 2.19. The molecule has 0 saturated heterocycles. The van der Waals surface area contributed by atoms with Crippen molar-refractivity contribution in [1.29, 1.82) is 0 Å². The van der Waals surface area contributed by atoms with Gasteiger partial charge in [0.1, 0.15) is 0 Å². The molecule has 0 N–H and O–H groups in total. The van der Waals surface area contributed by atoms with Gasteiger partial charge in [0.05, 0.1) is 33.3 Å². The lowest BCUT2D eigenvalue weighted by atomic mass is 9.96. The van der Waals surface area contributed by atoms with Crippen molar-refractivity contribution in [3.8, 4) is 45.1 Å². The fourth-order valence-corrected chi connectivity index (χ4v) is 9.25. The number of hydrogen-bond acceptors (Lipinski definition) is 2. The number of benzene rings is 9. The van der Waals surface area contributed by atoms with Crippen molar-refractivity contribution >= 4 is 65.3 Å². The average molecular weight is 753 g/mol. The Labute approximate surface area is 340 Å². The molecule has 12 rings (SSSR count). The van der Waals surface area contributed by atoms with Gasteiger partial charge in [0.15, 0.2) is 0 Å². The third kappa shape index (κ3) is 5.30. The third-order valence-electron chi connectivity index (χ3n) is 12.0. The van der Waals surface area contributed by atoms with Gasteiger partial charge in [-0.25, -0.2) is 9.97 Å². The quantitative estimate of drug-likeness (QED) is 0.175. The molecule has 9 aromatic carbocycles. The summed E-state index contributed by atoms with van der Waals surface area (Å²) in [4.78, 5) is 10.6. The molecule has 0 bridgehead atoms. The molecule has 0 unspecified atom stereocenters. The largest absolute Gasteiger partial charge is 0.309 e. The van der Waals surface area contributed by atoms with Crippen LogP contribution in [0.1, 0.15) is 5.56 Å². The molecular weight excluding hydrogens is 717 g/mol. The summed E-state index contributed by atoms with van der Waals surface area (Å²) in [6, 6.07) is 72.0. The highest BCUT2D eigenvalue weighted by Crippen LogP contribution is 2.39. The van der Waals surface area contributed by atoms with Gasteiger partial charge in [-0.1, -0.05) is 140 Å². The summed E-state index contributed by atoms with van der Waals surface area (Å²) in [5.41, 5.74) is 14.6. The maximum atomic E-state index is 5.39. The van der Waals surface area contributed by atoms with Crippen LogP contribution in [0.2, 0.25) is 0 Å². The smallest absolute Gasteiger partial charge is 0.235 e. The second-order valence-corrected chi connectivity index (χ2v) is 15.5. The minimum Gasteiger partial charge on any atom is -0.309 e. The Hall–Kier alpha value is -7.82. The van der Waals surface area contributed by atoms with Crippen molar-refractivity contribution in [1.82, 2.24) is 19.1 Å². The molecule has 12 aromatic rings. The van der Waals surface area contributed by atoms with E-state index in [0.29, 0.717) is 5.95 Å². The van der Waals surface area contributed by atoms with E-state index in [0.717, 1.165) is 44.3 Å². The van der Waals surface area contributed by atoms with Gasteiger partial charge in [-0.2, -0.15) is 0 Å². The van der Waals surface area contributed by atoms with E-state index in [9.17, 15) is 0 Å². The van der Waals surface area contributed by atoms with E-state index in [4.69, 9.17) is 9.97 Å². The molecule has 0 saturated carbocycles. The van der Waals surface area contributed by atoms with Gasteiger partial charge in [-0.05, 0) is 106 Å². The normalized spacial score (nSPS) is 11.8. The molecule has 0 aliphatic carbocycles. The van der Waals surface area contributed by atoms with Crippen molar-refractivity contribution in [2.24, 2.45) is 0 Å². The third-order valence-corrected chi connectivity index (χ3v) is 12.0. The SMILES string of the molecule is Cc1cc(-c2nc(-n3c4ccccc4c4cc(-c5ccc6c(c5)c5ccccc5n6-c5ccc6ccccc6c5)ccc43)nc3ccccc23)ccc1-c1ccccc1. The molecule has 0 amide bonds. The Balaban J connectivity index is 1.01. The van der Waals surface area contributed by atoms with Gasteiger partial charge in [-0.15, -0.1) is 0 Å². The number of aromatic nitrogens is 4. The zero-order valence-corrected chi connectivity index (χ0v) is 32.3. The van der Waals surface area contributed by atoms with E-state index in [2.05, 4.69) is 216 Å². The topological polar surface area (TPSA) is 35.6 Å². The summed E-state index contributed by atoms with van der Waals surface area (Å²) in [6.45, 7) is 2.18. The van der Waals surface area contributed by atoms with E-state index in [1.165, 1.54) is 65.8 Å². The molecule has 0 aliphatic rings. The van der Waals surface area contributed by atoms with Gasteiger partial charge in [0.25, 0.3) is 0 Å². The van der Waals surface area contributed by atoms with Crippen molar-refractivity contribution in [2.45, 2.75) is 6.92 Å². The fourth-order valence-electron chi connectivity index (χ4n) is 9.25. The number of fused-ring (bicyclic) bond motifs is 8. The Kier molecular flexibility index (Phi) is 7.41. The first-order valence-electron chi connectivity index (χ1n) is 20.2. The summed E-state index contributed by atoms with van der Waals surface area (Å²) in [6.07, 6.45) is 0. The van der Waals surface area contributed by atoms with Crippen LogP contribution in [0, 0.1) is 6.92 Å². The lowest BCUT2D eigenvalue weighted by Gasteiger charge is -2.13. The predicted octanol–water partition coefficient (Wildman–Crippen LogP) is 14.3. The van der Waals surface area contributed by atoms with Crippen LogP contribution in [-0.4, -0.2) is 19.1 Å². The van der Waals surface area contributed by atoms with Gasteiger partial charge in [0, 0.05) is 38.2 Å². The Morgan fingerprint density at radius 3 is 1.66 bits per heavy atom. The first kappa shape index (κ1) is 33.3. The van der Waals surface area contributed by atoms with Crippen LogP contribution in [0.25, 0.3) is 110 Å². The summed E-state index contributed by atoms with van der Waals surface area (Å²) >= 11 is 0. The molecule has 0 atom stereocenters. The standard InChI is InChI=1S/C55H36N4/c1-35-31-41(24-28-43(35)37-14-3-2-4-15-37)54-46-19-7-10-20-49(46)56-55(57-54)59-51-22-12-9-18-45(51)48-34-40(26-30-53(48)59)39-25-29-52-47(33-39)44-17-8-11-21-50(44)58(52)42-27-23-36-13-5-6-16-38(36)32-42/h2-34H,1H3. The number of para-hydroxylation sites is 3. The molecule has 4 heteroatoms. The maximum Gasteiger partial charge on any atom is 0.235 e. The molecular formula is C55H36N4. The second-order valence-electron chi connectivity index (χ2n) is 15.5. The van der Waals surface area contributed by atoms with Crippen molar-refractivity contribution in [3.63, 3.8) is 0 Å². The van der Waals surface area contributed by atoms with E-state index in [1.807, 2.05) is 0 Å². The van der Waals surface area contributed by atoms with Gasteiger partial charge in [0.2, 0.25) is 5.95 Å². The summed E-state index contributed by atoms with van der Waals surface area (Å²) < 4.78 is 4.63. The Morgan fingerprint density at radius 1 is 0.356 bits per heavy atom. The highest BCUT2D eigenvalue weighted by atomic mass is 15.2. The monoisotopic (exact) mass is 752 g/mol. The lowest BCUT2D eigenvalue weighted by Crippen LogP contribution is -2.03. The van der Waals surface area contributed by atoms with Gasteiger partial charge >= 0.3 is 0 Å². The zero-order valence-electron chi connectivity index (χ0n) is 32.3. The maximum absolute atomic E-state index is 5.39. The molecule has 0 spiro atoms. The van der Waals surface area contributed by atoms with Crippen LogP contribution >= 0.6 is 0 Å². The molecule has 4 nitrogen and oxygen atoms in total. The molecule has 59 heavy (non-hydrogen) atoms. The lowest BCUT2D eigenvalue weighted by molar-refractivity contribution is 1.01. The summed E-state index contributed by atoms with van der Waals surface area (Å²) in [5, 5.41) is 8.31. The van der Waals surface area contributed by atoms with Crippen LogP contribution < -0.4 is 0 Å². The van der Waals surface area contributed by atoms with Gasteiger partial charge < -0.3 is 4.57 Å². The number of hydrogen-bond donors (Lipinski definition) is 0. The minimum absolute atomic E-state index is 0.658. The molecule has 3 heterocycles. The van der Waals surface area contributed by atoms with Crippen LogP contribution in [-0.2, 0) is 0 Å². The molecule has 0 aliphatic heterocycles. The first-order chi connectivity index (χ1) is 29.2. The number of aryl methyl sites for hydroxylation is 1. The van der Waals surface area contributed by atoms with Crippen molar-refractivity contribution in [2.75, 3.05) is 0 Å². The highest BCUT2D eigenvalue weighted by molar-refractivity contribution is 6.13. The average Bonchev–Trinajstić information content (AvgIpc) is 3.81. The fraction of sp³-hybridized carbons (Fsp3) is 0.0182. The van der Waals surface area contributed by atoms with Gasteiger partial charge in [-0.3, -0.25) is 4.57 Å². The predicted molar refractivity (Wildman–Crippen MR) is 247 cm³/mol. The number of nitrogens with zero attached hydrogens (tertiary/aromatic N) is 4. The minimum atomic E-state index is 0.658. The summed E-state index contributed by atoms with van der Waals surface area (Å²) in [7, 11) is 0. The van der Waals surface area contributed by atoms with Crippen molar-refractivity contribution in [3.05, 3.63) is 206 Å². The zero-order chi connectivity index (χ0) is 39.0. The summed E-state index contributed by atoms with van der Waals surface area (Å²) in [5.74, 6) is 0.658. The van der Waals surface area contributed by atoms with Crippen LogP contribution in [0.5, 0.6) is 0 Å². The number of rotatable bonds is 5. The van der Waals surface area contributed by atoms with Crippen LogP contribution in [0.3, 0.4) is 0 Å². The first-order valence-corrected chi connectivity index (χ1v) is 20.2. The van der Waals surface area contributed by atoms with Crippen LogP contribution in [0.15, 0.2) is 200 Å². The van der Waals surface area contributed by atoms with E-state index < -0.39 is 0 Å². The van der Waals surface area contributed by atoms with E-state index in [1.54, 1.807) is 0 Å². The molecule has 3 aromatic heterocycles. The molecule has 276 valence electrons. The second kappa shape index (κ2) is 13.1. The Morgan fingerprint density at radius 2 is 0.932 bits per heavy atom. The molecule has 0 fully saturated rings.